The normalized spacial score (nSPS) is 23.8. The Morgan fingerprint density at radius 1 is 1.16 bits per heavy atom. The Morgan fingerprint density at radius 3 is 2.53 bits per heavy atom. The number of carbonyl (C=O) groups excluding carboxylic acids is 4. The van der Waals surface area contributed by atoms with Crippen LogP contribution in [0.15, 0.2) is 47.2 Å². The standard InChI is InChI=1S/C23H24N4O4S/c1-25-20(29)11-26(22(25)31)10-19(28)24-23(16-5-3-2-4-6-16)13-27(14-23)21(30)18-9-17(18)15-7-8-32-12-15/h2-8,12,17-18H,9-11,13-14H2,1H3,(H,24,28)/t17-,18+/m0/s1. The predicted octanol–water partition coefficient (Wildman–Crippen LogP) is 1.60. The van der Waals surface area contributed by atoms with Gasteiger partial charge in [-0.2, -0.15) is 11.3 Å². The van der Waals surface area contributed by atoms with Gasteiger partial charge in [-0.15, -0.1) is 0 Å². The van der Waals surface area contributed by atoms with E-state index in [1.807, 2.05) is 40.6 Å². The Bertz CT molecular complexity index is 1060. The summed E-state index contributed by atoms with van der Waals surface area (Å²) in [5.74, 6) is -0.238. The fourth-order valence-corrected chi connectivity index (χ4v) is 5.39. The zero-order valence-electron chi connectivity index (χ0n) is 17.7. The molecule has 9 heteroatoms. The van der Waals surface area contributed by atoms with Crippen molar-refractivity contribution in [2.75, 3.05) is 33.2 Å². The highest BCUT2D eigenvalue weighted by atomic mass is 32.1. The van der Waals surface area contributed by atoms with Crippen molar-refractivity contribution in [3.63, 3.8) is 0 Å². The number of nitrogens with zero attached hydrogens (tertiary/aromatic N) is 3. The lowest BCUT2D eigenvalue weighted by Gasteiger charge is -2.51. The molecule has 2 aromatic rings. The minimum atomic E-state index is -0.695. The SMILES string of the molecule is CN1C(=O)CN(CC(=O)NC2(c3ccccc3)CN(C(=O)[C@@H]3C[C@H]3c3ccsc3)C2)C1=O. The lowest BCUT2D eigenvalue weighted by atomic mass is 9.81. The summed E-state index contributed by atoms with van der Waals surface area (Å²) < 4.78 is 0. The number of rotatable bonds is 6. The molecule has 3 fully saturated rings. The van der Waals surface area contributed by atoms with Gasteiger partial charge in [0, 0.05) is 26.1 Å². The van der Waals surface area contributed by atoms with Crippen molar-refractivity contribution >= 4 is 35.1 Å². The van der Waals surface area contributed by atoms with Crippen LogP contribution in [0.3, 0.4) is 0 Å². The van der Waals surface area contributed by atoms with E-state index < -0.39 is 11.6 Å². The van der Waals surface area contributed by atoms with E-state index in [2.05, 4.69) is 16.8 Å². The molecular weight excluding hydrogens is 428 g/mol. The van der Waals surface area contributed by atoms with Crippen LogP contribution in [0.5, 0.6) is 0 Å². The summed E-state index contributed by atoms with van der Waals surface area (Å²) in [4.78, 5) is 53.8. The van der Waals surface area contributed by atoms with Crippen molar-refractivity contribution in [1.29, 1.82) is 0 Å². The number of likely N-dealkylation sites (tertiary alicyclic amines) is 1. The lowest BCUT2D eigenvalue weighted by molar-refractivity contribution is -0.145. The molecule has 0 unspecified atom stereocenters. The molecule has 1 saturated carbocycles. The van der Waals surface area contributed by atoms with Crippen molar-refractivity contribution in [2.24, 2.45) is 5.92 Å². The van der Waals surface area contributed by atoms with Gasteiger partial charge in [-0.3, -0.25) is 19.3 Å². The molecule has 32 heavy (non-hydrogen) atoms. The Hall–Kier alpha value is -3.20. The molecule has 8 nitrogen and oxygen atoms in total. The maximum Gasteiger partial charge on any atom is 0.327 e. The average Bonchev–Trinajstić information content (AvgIpc) is 3.30. The fraction of sp³-hybridized carbons (Fsp3) is 0.391. The maximum absolute atomic E-state index is 13.0. The van der Waals surface area contributed by atoms with Gasteiger partial charge in [-0.25, -0.2) is 4.79 Å². The van der Waals surface area contributed by atoms with Gasteiger partial charge >= 0.3 is 6.03 Å². The van der Waals surface area contributed by atoms with Gasteiger partial charge in [0.1, 0.15) is 18.6 Å². The van der Waals surface area contributed by atoms with E-state index >= 15 is 0 Å². The van der Waals surface area contributed by atoms with Crippen LogP contribution in [0.2, 0.25) is 0 Å². The van der Waals surface area contributed by atoms with Crippen LogP contribution in [0.4, 0.5) is 4.79 Å². The number of carbonyl (C=O) groups is 4. The van der Waals surface area contributed by atoms with Crippen molar-refractivity contribution in [3.8, 4) is 0 Å². The quantitative estimate of drug-likeness (QED) is 0.674. The molecule has 3 heterocycles. The topological polar surface area (TPSA) is 90.0 Å². The van der Waals surface area contributed by atoms with Crippen LogP contribution in [-0.2, 0) is 19.9 Å². The summed E-state index contributed by atoms with van der Waals surface area (Å²) in [5, 5.41) is 7.19. The van der Waals surface area contributed by atoms with Crippen molar-refractivity contribution in [1.82, 2.24) is 20.0 Å². The molecule has 2 aliphatic heterocycles. The van der Waals surface area contributed by atoms with Gasteiger partial charge in [0.2, 0.25) is 17.7 Å². The Labute approximate surface area is 189 Å². The van der Waals surface area contributed by atoms with Crippen LogP contribution < -0.4 is 5.32 Å². The van der Waals surface area contributed by atoms with E-state index in [0.29, 0.717) is 19.0 Å². The van der Waals surface area contributed by atoms with Crippen LogP contribution in [0.25, 0.3) is 0 Å². The van der Waals surface area contributed by atoms with Gasteiger partial charge in [0.25, 0.3) is 0 Å². The molecular formula is C23H24N4O4S. The van der Waals surface area contributed by atoms with Crippen LogP contribution in [0.1, 0.15) is 23.5 Å². The third-order valence-electron chi connectivity index (χ3n) is 6.61. The zero-order valence-corrected chi connectivity index (χ0v) is 18.5. The highest BCUT2D eigenvalue weighted by Crippen LogP contribution is 2.50. The van der Waals surface area contributed by atoms with Gasteiger partial charge in [0.15, 0.2) is 0 Å². The summed E-state index contributed by atoms with van der Waals surface area (Å²) in [7, 11) is 1.41. The maximum atomic E-state index is 13.0. The number of imide groups is 1. The Morgan fingerprint density at radius 2 is 1.91 bits per heavy atom. The van der Waals surface area contributed by atoms with E-state index in [0.717, 1.165) is 16.9 Å². The third kappa shape index (κ3) is 3.56. The zero-order chi connectivity index (χ0) is 22.5. The Kier molecular flexibility index (Phi) is 5.00. The largest absolute Gasteiger partial charge is 0.341 e. The first-order valence-electron chi connectivity index (χ1n) is 10.6. The van der Waals surface area contributed by atoms with E-state index in [1.165, 1.54) is 17.5 Å². The molecule has 5 rings (SSSR count). The number of amides is 5. The highest BCUT2D eigenvalue weighted by Gasteiger charge is 2.53. The number of hydrogen-bond acceptors (Lipinski definition) is 5. The molecule has 1 aliphatic carbocycles. The molecule has 1 N–H and O–H groups in total. The molecule has 2 saturated heterocycles. The fourth-order valence-electron chi connectivity index (χ4n) is 4.67. The summed E-state index contributed by atoms with van der Waals surface area (Å²) in [6.07, 6.45) is 0.870. The van der Waals surface area contributed by atoms with E-state index in [-0.39, 0.29) is 36.7 Å². The number of urea groups is 1. The summed E-state index contributed by atoms with van der Waals surface area (Å²) in [5.41, 5.74) is 1.45. The summed E-state index contributed by atoms with van der Waals surface area (Å²) in [6.45, 7) is 0.486. The number of thiophene rings is 1. The van der Waals surface area contributed by atoms with E-state index in [9.17, 15) is 19.2 Å². The summed E-state index contributed by atoms with van der Waals surface area (Å²) in [6, 6.07) is 11.2. The molecule has 0 spiro atoms. The minimum absolute atomic E-state index is 0.0119. The first-order chi connectivity index (χ1) is 15.4. The molecule has 2 atom stereocenters. The predicted molar refractivity (Wildman–Crippen MR) is 118 cm³/mol. The second-order valence-corrected chi connectivity index (χ2v) is 9.57. The molecule has 5 amide bonds. The molecule has 3 aliphatic rings. The van der Waals surface area contributed by atoms with Gasteiger partial charge in [0.05, 0.1) is 0 Å². The molecule has 0 bridgehead atoms. The third-order valence-corrected chi connectivity index (χ3v) is 7.31. The number of hydrogen-bond donors (Lipinski definition) is 1. The summed E-state index contributed by atoms with van der Waals surface area (Å²) >= 11 is 1.64. The van der Waals surface area contributed by atoms with Crippen LogP contribution in [0, 0.1) is 5.92 Å². The van der Waals surface area contributed by atoms with Crippen LogP contribution in [-0.4, -0.2) is 71.7 Å². The Balaban J connectivity index is 1.26. The first-order valence-corrected chi connectivity index (χ1v) is 11.6. The van der Waals surface area contributed by atoms with Crippen molar-refractivity contribution < 1.29 is 19.2 Å². The van der Waals surface area contributed by atoms with Crippen molar-refractivity contribution in [2.45, 2.75) is 17.9 Å². The van der Waals surface area contributed by atoms with E-state index in [4.69, 9.17) is 0 Å². The minimum Gasteiger partial charge on any atom is -0.341 e. The smallest absolute Gasteiger partial charge is 0.327 e. The monoisotopic (exact) mass is 452 g/mol. The molecule has 0 radical (unpaired) electrons. The average molecular weight is 453 g/mol. The highest BCUT2D eigenvalue weighted by molar-refractivity contribution is 7.08. The lowest BCUT2D eigenvalue weighted by Crippen LogP contribution is -2.69. The number of nitrogens with one attached hydrogen (secondary N) is 1. The van der Waals surface area contributed by atoms with Gasteiger partial charge in [-0.05, 0) is 40.3 Å². The molecule has 1 aromatic heterocycles. The first kappa shape index (κ1) is 20.7. The van der Waals surface area contributed by atoms with Crippen molar-refractivity contribution in [3.05, 3.63) is 58.3 Å². The molecule has 166 valence electrons. The second kappa shape index (κ2) is 7.74. The molecule has 1 aromatic carbocycles. The van der Waals surface area contributed by atoms with E-state index in [1.54, 1.807) is 11.3 Å². The number of benzene rings is 1. The van der Waals surface area contributed by atoms with Gasteiger partial charge < -0.3 is 15.1 Å². The van der Waals surface area contributed by atoms with Gasteiger partial charge in [-0.1, -0.05) is 30.3 Å². The second-order valence-electron chi connectivity index (χ2n) is 8.79. The number of likely N-dealkylation sites (N-methyl/N-ethyl adjacent to an activating group) is 1. The van der Waals surface area contributed by atoms with Crippen LogP contribution >= 0.6 is 11.3 Å².